The number of nitrogens with one attached hydrogen (secondary N) is 1. The van der Waals surface area contributed by atoms with E-state index in [0.29, 0.717) is 35.4 Å². The molecule has 0 aliphatic carbocycles. The molecule has 1 aromatic heterocycles. The van der Waals surface area contributed by atoms with Crippen molar-refractivity contribution in [1.82, 2.24) is 9.97 Å². The van der Waals surface area contributed by atoms with Crippen LogP contribution in [-0.4, -0.2) is 48.0 Å². The fourth-order valence-corrected chi connectivity index (χ4v) is 3.62. The number of carbonyl (C=O) groups excluding carboxylic acids is 1. The number of carbonyl (C=O) groups is 1. The molecule has 2 aliphatic rings. The predicted molar refractivity (Wildman–Crippen MR) is 102 cm³/mol. The molecule has 1 spiro atoms. The van der Waals surface area contributed by atoms with Gasteiger partial charge in [-0.15, -0.1) is 0 Å². The van der Waals surface area contributed by atoms with E-state index in [9.17, 15) is 4.79 Å². The molecule has 0 bridgehead atoms. The summed E-state index contributed by atoms with van der Waals surface area (Å²) in [6.07, 6.45) is 4.68. The van der Waals surface area contributed by atoms with Crippen LogP contribution in [0.5, 0.6) is 0 Å². The average molecular weight is 389 g/mol. The first-order valence-corrected chi connectivity index (χ1v) is 9.35. The minimum atomic E-state index is -0.424. The third-order valence-electron chi connectivity index (χ3n) is 4.96. The second-order valence-electron chi connectivity index (χ2n) is 6.78. The molecule has 2 fully saturated rings. The molecule has 2 saturated heterocycles. The van der Waals surface area contributed by atoms with Crippen molar-refractivity contribution in [2.24, 2.45) is 0 Å². The maximum absolute atomic E-state index is 12.4. The molecule has 4 rings (SSSR count). The summed E-state index contributed by atoms with van der Waals surface area (Å²) in [6.45, 7) is 4.73. The van der Waals surface area contributed by atoms with E-state index in [1.54, 1.807) is 30.6 Å². The number of ether oxygens (including phenoxy) is 2. The largest absolute Gasteiger partial charge is 0.347 e. The Morgan fingerprint density at radius 3 is 2.48 bits per heavy atom. The fourth-order valence-electron chi connectivity index (χ4n) is 3.40. The van der Waals surface area contributed by atoms with Gasteiger partial charge in [-0.05, 0) is 30.7 Å². The molecule has 2 aromatic rings. The third kappa shape index (κ3) is 3.90. The summed E-state index contributed by atoms with van der Waals surface area (Å²) in [4.78, 5) is 23.3. The molecule has 1 aromatic carbocycles. The summed E-state index contributed by atoms with van der Waals surface area (Å²) in [5.74, 6) is -0.0633. The maximum Gasteiger partial charge on any atom is 0.258 e. The summed E-state index contributed by atoms with van der Waals surface area (Å²) < 4.78 is 11.5. The first kappa shape index (κ1) is 18.2. The highest BCUT2D eigenvalue weighted by Gasteiger charge is 2.40. The van der Waals surface area contributed by atoms with Crippen LogP contribution in [0.2, 0.25) is 5.02 Å². The van der Waals surface area contributed by atoms with Gasteiger partial charge >= 0.3 is 0 Å². The number of hydrogen-bond donors (Lipinski definition) is 1. The van der Waals surface area contributed by atoms with Crippen molar-refractivity contribution >= 4 is 29.1 Å². The van der Waals surface area contributed by atoms with E-state index < -0.39 is 5.79 Å². The highest BCUT2D eigenvalue weighted by Crippen LogP contribution is 2.32. The van der Waals surface area contributed by atoms with E-state index in [1.807, 2.05) is 6.92 Å². The number of benzene rings is 1. The van der Waals surface area contributed by atoms with Crippen LogP contribution in [0.15, 0.2) is 30.6 Å². The van der Waals surface area contributed by atoms with E-state index in [0.717, 1.165) is 31.5 Å². The van der Waals surface area contributed by atoms with Gasteiger partial charge in [0.15, 0.2) is 5.79 Å². The van der Waals surface area contributed by atoms with E-state index in [4.69, 9.17) is 21.1 Å². The number of piperidine rings is 1. The SMILES string of the molecule is Cc1cc(Cl)ccc1NC(=O)c1cnc(N2CCC3(CC2)OCCO3)nc1. The van der Waals surface area contributed by atoms with Crippen LogP contribution in [0, 0.1) is 6.92 Å². The highest BCUT2D eigenvalue weighted by molar-refractivity contribution is 6.30. The van der Waals surface area contributed by atoms with Gasteiger partial charge in [0.2, 0.25) is 5.95 Å². The molecule has 1 amide bonds. The lowest BCUT2D eigenvalue weighted by molar-refractivity contribution is -0.169. The van der Waals surface area contributed by atoms with Crippen LogP contribution in [0.3, 0.4) is 0 Å². The highest BCUT2D eigenvalue weighted by atomic mass is 35.5. The van der Waals surface area contributed by atoms with Crippen LogP contribution in [0.1, 0.15) is 28.8 Å². The Kier molecular flexibility index (Phi) is 4.99. The molecule has 27 heavy (non-hydrogen) atoms. The monoisotopic (exact) mass is 388 g/mol. The molecular formula is C19H21ClN4O3. The number of anilines is 2. The van der Waals surface area contributed by atoms with Gasteiger partial charge in [-0.25, -0.2) is 9.97 Å². The summed E-state index contributed by atoms with van der Waals surface area (Å²) in [5.41, 5.74) is 2.02. The Bertz CT molecular complexity index is 827. The molecule has 1 N–H and O–H groups in total. The molecule has 3 heterocycles. The summed E-state index contributed by atoms with van der Waals surface area (Å²) in [5, 5.41) is 3.50. The first-order valence-electron chi connectivity index (χ1n) is 8.97. The summed E-state index contributed by atoms with van der Waals surface area (Å²) >= 11 is 5.95. The topological polar surface area (TPSA) is 76.6 Å². The van der Waals surface area contributed by atoms with E-state index in [1.165, 1.54) is 0 Å². The predicted octanol–water partition coefficient (Wildman–Crippen LogP) is 3.03. The van der Waals surface area contributed by atoms with Crippen LogP contribution in [0.25, 0.3) is 0 Å². The lowest BCUT2D eigenvalue weighted by atomic mass is 10.0. The second kappa shape index (κ2) is 7.42. The van der Waals surface area contributed by atoms with Gasteiger partial charge in [0.1, 0.15) is 0 Å². The molecule has 0 atom stereocenters. The number of nitrogens with zero attached hydrogens (tertiary/aromatic N) is 3. The number of halogens is 1. The molecule has 142 valence electrons. The van der Waals surface area contributed by atoms with Crippen molar-refractivity contribution in [1.29, 1.82) is 0 Å². The van der Waals surface area contributed by atoms with E-state index in [-0.39, 0.29) is 5.91 Å². The molecule has 0 saturated carbocycles. The zero-order valence-corrected chi connectivity index (χ0v) is 15.8. The van der Waals surface area contributed by atoms with Gasteiger partial charge in [-0.2, -0.15) is 0 Å². The Balaban J connectivity index is 1.39. The summed E-state index contributed by atoms with van der Waals surface area (Å²) in [7, 11) is 0. The smallest absolute Gasteiger partial charge is 0.258 e. The number of hydrogen-bond acceptors (Lipinski definition) is 6. The van der Waals surface area contributed by atoms with Crippen molar-refractivity contribution in [3.8, 4) is 0 Å². The van der Waals surface area contributed by atoms with Gasteiger partial charge in [0.05, 0.1) is 18.8 Å². The number of amides is 1. The maximum atomic E-state index is 12.4. The number of rotatable bonds is 3. The van der Waals surface area contributed by atoms with Crippen molar-refractivity contribution in [2.45, 2.75) is 25.6 Å². The van der Waals surface area contributed by atoms with Crippen LogP contribution in [0.4, 0.5) is 11.6 Å². The standard InChI is InChI=1S/C19H21ClN4O3/c1-13-10-15(20)2-3-16(13)23-17(25)14-11-21-18(22-12-14)24-6-4-19(5-7-24)26-8-9-27-19/h2-3,10-12H,4-9H2,1H3,(H,23,25). The Hall–Kier alpha value is -2.22. The Labute approximate surface area is 162 Å². The lowest BCUT2D eigenvalue weighted by Crippen LogP contribution is -2.45. The second-order valence-corrected chi connectivity index (χ2v) is 7.22. The Morgan fingerprint density at radius 2 is 1.85 bits per heavy atom. The molecule has 0 radical (unpaired) electrons. The molecule has 0 unspecified atom stereocenters. The molecule has 7 nitrogen and oxygen atoms in total. The van der Waals surface area contributed by atoms with Gasteiger partial charge in [-0.3, -0.25) is 4.79 Å². The van der Waals surface area contributed by atoms with E-state index in [2.05, 4.69) is 20.2 Å². The third-order valence-corrected chi connectivity index (χ3v) is 5.19. The van der Waals surface area contributed by atoms with Crippen LogP contribution in [-0.2, 0) is 9.47 Å². The van der Waals surface area contributed by atoms with Crippen molar-refractivity contribution < 1.29 is 14.3 Å². The molecule has 2 aliphatic heterocycles. The summed E-state index contributed by atoms with van der Waals surface area (Å²) in [6, 6.07) is 5.32. The lowest BCUT2D eigenvalue weighted by Gasteiger charge is -2.37. The van der Waals surface area contributed by atoms with Crippen molar-refractivity contribution in [2.75, 3.05) is 36.5 Å². The minimum absolute atomic E-state index is 0.252. The normalized spacial score (nSPS) is 18.7. The van der Waals surface area contributed by atoms with Gasteiger partial charge < -0.3 is 19.7 Å². The van der Waals surface area contributed by atoms with Crippen molar-refractivity contribution in [3.63, 3.8) is 0 Å². The minimum Gasteiger partial charge on any atom is -0.347 e. The first-order chi connectivity index (χ1) is 13.0. The number of aromatic nitrogens is 2. The van der Waals surface area contributed by atoms with Gasteiger partial charge in [0, 0.05) is 49.0 Å². The van der Waals surface area contributed by atoms with Crippen LogP contribution >= 0.6 is 11.6 Å². The van der Waals surface area contributed by atoms with Gasteiger partial charge in [0.25, 0.3) is 5.91 Å². The van der Waals surface area contributed by atoms with Crippen molar-refractivity contribution in [3.05, 3.63) is 46.7 Å². The number of aryl methyl sites for hydroxylation is 1. The molecular weight excluding hydrogens is 368 g/mol. The average Bonchev–Trinajstić information content (AvgIpc) is 3.13. The fraction of sp³-hybridized carbons (Fsp3) is 0.421. The van der Waals surface area contributed by atoms with Gasteiger partial charge in [-0.1, -0.05) is 11.6 Å². The Morgan fingerprint density at radius 1 is 1.19 bits per heavy atom. The van der Waals surface area contributed by atoms with E-state index >= 15 is 0 Å². The zero-order chi connectivity index (χ0) is 18.9. The van der Waals surface area contributed by atoms with Crippen LogP contribution < -0.4 is 10.2 Å². The zero-order valence-electron chi connectivity index (χ0n) is 15.1. The quantitative estimate of drug-likeness (QED) is 0.870. The molecule has 8 heteroatoms.